The van der Waals surface area contributed by atoms with Gasteiger partial charge in [-0.1, -0.05) is 54.3 Å². The summed E-state index contributed by atoms with van der Waals surface area (Å²) in [6, 6.07) is 10.1. The number of likely N-dealkylation sites (tertiary alicyclic amines) is 1. The summed E-state index contributed by atoms with van der Waals surface area (Å²) in [5.41, 5.74) is 7.20. The van der Waals surface area contributed by atoms with Crippen molar-refractivity contribution < 1.29 is 4.79 Å². The molecule has 0 aromatic heterocycles. The second-order valence-electron chi connectivity index (χ2n) is 5.71. The maximum atomic E-state index is 11.8. The van der Waals surface area contributed by atoms with E-state index in [1.165, 1.54) is 11.8 Å². The smallest absolute Gasteiger partial charge is 0.186 e. The van der Waals surface area contributed by atoms with Crippen molar-refractivity contribution in [1.29, 1.82) is 0 Å². The molecule has 0 bridgehead atoms. The summed E-state index contributed by atoms with van der Waals surface area (Å²) in [5.74, 6) is -0.0590. The molecule has 1 aliphatic rings. The van der Waals surface area contributed by atoms with Crippen molar-refractivity contribution in [2.75, 3.05) is 20.1 Å². The molecule has 1 heterocycles. The minimum absolute atomic E-state index is 0.0590. The topological polar surface area (TPSA) is 46.3 Å². The summed E-state index contributed by atoms with van der Waals surface area (Å²) in [7, 11) is 2.11. The van der Waals surface area contributed by atoms with Crippen LogP contribution in [0.4, 0.5) is 0 Å². The highest BCUT2D eigenvalue weighted by Crippen LogP contribution is 2.47. The molecule has 1 aliphatic heterocycles. The van der Waals surface area contributed by atoms with E-state index in [4.69, 9.17) is 18.0 Å². The molecule has 5 heteroatoms. The Labute approximate surface area is 136 Å². The van der Waals surface area contributed by atoms with Gasteiger partial charge in [0.15, 0.2) is 5.12 Å². The average molecular weight is 322 g/mol. The van der Waals surface area contributed by atoms with Crippen molar-refractivity contribution in [2.24, 2.45) is 5.73 Å². The van der Waals surface area contributed by atoms with E-state index >= 15 is 0 Å². The summed E-state index contributed by atoms with van der Waals surface area (Å²) in [6.45, 7) is 3.56. The van der Waals surface area contributed by atoms with Crippen LogP contribution in [0.5, 0.6) is 0 Å². The number of carbonyl (C=O) groups excluding carboxylic acids is 1. The highest BCUT2D eigenvalue weighted by atomic mass is 32.2. The Morgan fingerprint density at radius 1 is 1.33 bits per heavy atom. The Bertz CT molecular complexity index is 510. The summed E-state index contributed by atoms with van der Waals surface area (Å²) < 4.78 is -0.217. The lowest BCUT2D eigenvalue weighted by Crippen LogP contribution is -2.48. The second-order valence-corrected chi connectivity index (χ2v) is 7.77. The molecule has 1 aromatic carbocycles. The number of thioether (sulfide) groups is 1. The maximum absolute atomic E-state index is 11.8. The van der Waals surface area contributed by atoms with Crippen molar-refractivity contribution in [2.45, 2.75) is 30.4 Å². The monoisotopic (exact) mass is 322 g/mol. The van der Waals surface area contributed by atoms with Gasteiger partial charge in [-0.3, -0.25) is 4.79 Å². The van der Waals surface area contributed by atoms with Gasteiger partial charge >= 0.3 is 0 Å². The van der Waals surface area contributed by atoms with Gasteiger partial charge in [-0.2, -0.15) is 0 Å². The van der Waals surface area contributed by atoms with Crippen LogP contribution in [0.3, 0.4) is 0 Å². The fourth-order valence-electron chi connectivity index (χ4n) is 3.11. The average Bonchev–Trinajstić information content (AvgIpc) is 2.42. The summed E-state index contributed by atoms with van der Waals surface area (Å²) >= 11 is 6.80. The van der Waals surface area contributed by atoms with Gasteiger partial charge in [-0.05, 0) is 38.5 Å². The minimum atomic E-state index is -0.217. The lowest BCUT2D eigenvalue weighted by atomic mass is 9.79. The molecule has 0 aliphatic carbocycles. The van der Waals surface area contributed by atoms with Crippen LogP contribution in [-0.2, 0) is 4.79 Å². The number of nitrogens with two attached hydrogens (primary N) is 1. The van der Waals surface area contributed by atoms with Crippen LogP contribution in [0.25, 0.3) is 0 Å². The first kappa shape index (κ1) is 16.5. The molecule has 1 aromatic rings. The van der Waals surface area contributed by atoms with Crippen molar-refractivity contribution in [3.05, 3.63) is 35.9 Å². The number of rotatable bonds is 4. The molecule has 0 radical (unpaired) electrons. The molecule has 2 N–H and O–H groups in total. The van der Waals surface area contributed by atoms with Gasteiger partial charge in [0.25, 0.3) is 0 Å². The van der Waals surface area contributed by atoms with Crippen molar-refractivity contribution >= 4 is 34.1 Å². The molecule has 114 valence electrons. The Morgan fingerprint density at radius 3 is 2.38 bits per heavy atom. The van der Waals surface area contributed by atoms with Crippen molar-refractivity contribution in [3.63, 3.8) is 0 Å². The zero-order chi connectivity index (χ0) is 15.5. The third kappa shape index (κ3) is 3.84. The number of hydrogen-bond donors (Lipinski definition) is 1. The number of benzene rings is 1. The van der Waals surface area contributed by atoms with Crippen LogP contribution in [0.1, 0.15) is 31.2 Å². The van der Waals surface area contributed by atoms with E-state index in [1.54, 1.807) is 6.92 Å². The van der Waals surface area contributed by atoms with Gasteiger partial charge < -0.3 is 10.6 Å². The molecular formula is C16H22N2OS2. The number of nitrogens with zero attached hydrogens (tertiary/aromatic N) is 1. The van der Waals surface area contributed by atoms with Crippen LogP contribution in [0.2, 0.25) is 0 Å². The van der Waals surface area contributed by atoms with Gasteiger partial charge in [0, 0.05) is 17.6 Å². The molecule has 1 fully saturated rings. The number of thiocarbonyl (C=S) groups is 1. The fourth-order valence-corrected chi connectivity index (χ4v) is 4.88. The second kappa shape index (κ2) is 6.90. The van der Waals surface area contributed by atoms with Crippen LogP contribution >= 0.6 is 24.0 Å². The standard InChI is InChI=1S/C16H22N2OS2/c1-12(19)21-16(8-10-18(2)11-9-16)14(15(17)20)13-6-4-3-5-7-13/h3-7,14H,8-11H2,1-2H3,(H2,17,20). The SMILES string of the molecule is CC(=O)SC1(C(C(N)=S)c2ccccc2)CCN(C)CC1. The molecule has 0 saturated carbocycles. The molecule has 2 rings (SSSR count). The van der Waals surface area contributed by atoms with Gasteiger partial charge in [0.05, 0.1) is 4.99 Å². The molecule has 3 nitrogen and oxygen atoms in total. The van der Waals surface area contributed by atoms with E-state index in [1.807, 2.05) is 18.2 Å². The van der Waals surface area contributed by atoms with E-state index in [0.717, 1.165) is 31.5 Å². The minimum Gasteiger partial charge on any atom is -0.393 e. The maximum Gasteiger partial charge on any atom is 0.186 e. The largest absolute Gasteiger partial charge is 0.393 e. The molecule has 21 heavy (non-hydrogen) atoms. The van der Waals surface area contributed by atoms with E-state index < -0.39 is 0 Å². The van der Waals surface area contributed by atoms with E-state index in [2.05, 4.69) is 24.1 Å². The first-order valence-electron chi connectivity index (χ1n) is 7.17. The Morgan fingerprint density at radius 2 is 1.90 bits per heavy atom. The molecule has 1 saturated heterocycles. The number of carbonyl (C=O) groups is 1. The fraction of sp³-hybridized carbons (Fsp3) is 0.500. The number of hydrogen-bond acceptors (Lipinski definition) is 4. The third-order valence-electron chi connectivity index (χ3n) is 4.12. The van der Waals surface area contributed by atoms with Crippen molar-refractivity contribution in [3.8, 4) is 0 Å². The van der Waals surface area contributed by atoms with Crippen LogP contribution in [-0.4, -0.2) is 39.9 Å². The first-order valence-corrected chi connectivity index (χ1v) is 8.39. The van der Waals surface area contributed by atoms with E-state index in [-0.39, 0.29) is 15.8 Å². The lowest BCUT2D eigenvalue weighted by Gasteiger charge is -2.44. The highest BCUT2D eigenvalue weighted by Gasteiger charge is 2.44. The quantitative estimate of drug-likeness (QED) is 0.864. The molecular weight excluding hydrogens is 300 g/mol. The highest BCUT2D eigenvalue weighted by molar-refractivity contribution is 8.14. The summed E-state index contributed by atoms with van der Waals surface area (Å²) in [4.78, 5) is 14.6. The molecule has 0 amide bonds. The Balaban J connectivity index is 2.41. The van der Waals surface area contributed by atoms with Crippen LogP contribution in [0, 0.1) is 0 Å². The van der Waals surface area contributed by atoms with E-state index in [0.29, 0.717) is 4.99 Å². The summed E-state index contributed by atoms with van der Waals surface area (Å²) in [6.07, 6.45) is 1.84. The molecule has 1 unspecified atom stereocenters. The van der Waals surface area contributed by atoms with Gasteiger partial charge in [-0.15, -0.1) is 0 Å². The van der Waals surface area contributed by atoms with Gasteiger partial charge in [-0.25, -0.2) is 0 Å². The Kier molecular flexibility index (Phi) is 5.41. The number of piperidine rings is 1. The molecule has 0 spiro atoms. The Hall–Kier alpha value is -0.910. The summed E-state index contributed by atoms with van der Waals surface area (Å²) in [5, 5.41) is 0.136. The third-order valence-corrected chi connectivity index (χ3v) is 5.70. The van der Waals surface area contributed by atoms with Crippen molar-refractivity contribution in [1.82, 2.24) is 4.90 Å². The van der Waals surface area contributed by atoms with Crippen LogP contribution in [0.15, 0.2) is 30.3 Å². The predicted octanol–water partition coefficient (Wildman–Crippen LogP) is 2.80. The van der Waals surface area contributed by atoms with Gasteiger partial charge in [0.2, 0.25) is 0 Å². The first-order chi connectivity index (χ1) is 9.94. The zero-order valence-corrected chi connectivity index (χ0v) is 14.2. The van der Waals surface area contributed by atoms with E-state index in [9.17, 15) is 4.79 Å². The van der Waals surface area contributed by atoms with Crippen LogP contribution < -0.4 is 5.73 Å². The lowest BCUT2D eigenvalue weighted by molar-refractivity contribution is -0.109. The van der Waals surface area contributed by atoms with Gasteiger partial charge in [0.1, 0.15) is 0 Å². The normalized spacial score (nSPS) is 19.9. The zero-order valence-electron chi connectivity index (χ0n) is 12.5. The molecule has 1 atom stereocenters. The predicted molar refractivity (Wildman–Crippen MR) is 93.7 cm³/mol.